The maximum atomic E-state index is 13.9. The van der Waals surface area contributed by atoms with Gasteiger partial charge in [-0.2, -0.15) is 0 Å². The monoisotopic (exact) mass is 514 g/mol. The zero-order chi connectivity index (χ0) is 26.7. The fraction of sp³-hybridized carbons (Fsp3) is 0.500. The molecule has 200 valence electrons. The normalized spacial score (nSPS) is 21.8. The first-order valence-electron chi connectivity index (χ1n) is 13.8. The van der Waals surface area contributed by atoms with E-state index in [4.69, 9.17) is 14.7 Å². The number of benzene rings is 1. The number of amides is 1. The first kappa shape index (κ1) is 24.9. The van der Waals surface area contributed by atoms with Gasteiger partial charge in [-0.15, -0.1) is 0 Å². The Balaban J connectivity index is 1.44. The number of hydrogen-bond acceptors (Lipinski definition) is 5. The van der Waals surface area contributed by atoms with Crippen LogP contribution in [-0.2, 0) is 13.6 Å². The molecule has 3 atom stereocenters. The van der Waals surface area contributed by atoms with Crippen molar-refractivity contribution in [3.63, 3.8) is 0 Å². The summed E-state index contributed by atoms with van der Waals surface area (Å²) < 4.78 is 10.2. The third-order valence-electron chi connectivity index (χ3n) is 8.71. The summed E-state index contributed by atoms with van der Waals surface area (Å²) in [6.07, 6.45) is 5.42. The molecule has 6 rings (SSSR count). The summed E-state index contributed by atoms with van der Waals surface area (Å²) in [7, 11) is 7.91. The van der Waals surface area contributed by atoms with Crippen LogP contribution in [0.1, 0.15) is 43.5 Å². The number of ether oxygens (including phenoxy) is 1. The van der Waals surface area contributed by atoms with Gasteiger partial charge in [-0.3, -0.25) is 4.79 Å². The fourth-order valence-corrected chi connectivity index (χ4v) is 6.60. The van der Waals surface area contributed by atoms with E-state index in [0.29, 0.717) is 29.2 Å². The van der Waals surface area contributed by atoms with E-state index in [9.17, 15) is 4.79 Å². The van der Waals surface area contributed by atoms with Crippen LogP contribution in [0.15, 0.2) is 36.5 Å². The van der Waals surface area contributed by atoms with Gasteiger partial charge >= 0.3 is 0 Å². The molecule has 1 aromatic carbocycles. The number of likely N-dealkylation sites (N-methyl/N-ethyl adjacent to an activating group) is 1. The highest BCUT2D eigenvalue weighted by atomic mass is 16.5. The zero-order valence-corrected chi connectivity index (χ0v) is 23.3. The Kier molecular flexibility index (Phi) is 6.17. The second kappa shape index (κ2) is 9.42. The van der Waals surface area contributed by atoms with Crippen LogP contribution in [0.2, 0.25) is 0 Å². The Morgan fingerprint density at radius 3 is 2.66 bits per heavy atom. The predicted molar refractivity (Wildman–Crippen MR) is 150 cm³/mol. The molecule has 2 fully saturated rings. The highest BCUT2D eigenvalue weighted by molar-refractivity contribution is 6.00. The Hall–Kier alpha value is -3.39. The van der Waals surface area contributed by atoms with E-state index in [2.05, 4.69) is 54.1 Å². The topological polar surface area (TPSA) is 68.4 Å². The first-order valence-corrected chi connectivity index (χ1v) is 13.8. The van der Waals surface area contributed by atoms with E-state index in [1.807, 2.05) is 36.3 Å². The van der Waals surface area contributed by atoms with Gasteiger partial charge < -0.3 is 23.7 Å². The minimum atomic E-state index is 0.0414. The number of rotatable bonds is 7. The average Bonchev–Trinajstić information content (AvgIpc) is 3.45. The van der Waals surface area contributed by atoms with Crippen LogP contribution in [-0.4, -0.2) is 74.6 Å². The van der Waals surface area contributed by atoms with Crippen LogP contribution < -0.4 is 4.74 Å². The van der Waals surface area contributed by atoms with E-state index in [0.717, 1.165) is 53.1 Å². The van der Waals surface area contributed by atoms with E-state index in [1.54, 1.807) is 7.11 Å². The number of fused-ring (bicyclic) bond motifs is 2. The van der Waals surface area contributed by atoms with Crippen molar-refractivity contribution in [2.75, 3.05) is 27.7 Å². The standard InChI is InChI=1S/C30H38N6O2/c1-7-20-17-35(18(2)26(20)33(3)4)30(37)22-13-23-27(25(15-22)38-6)34(5)29(32-23)24-14-21-9-8-12-31-28(21)36(24)16-19-10-11-19/h8-9,12-15,18-20,26H,7,10-11,16-17H2,1-6H3. The van der Waals surface area contributed by atoms with Crippen molar-refractivity contribution in [2.45, 2.75) is 51.7 Å². The van der Waals surface area contributed by atoms with Crippen molar-refractivity contribution in [3.8, 4) is 17.3 Å². The number of carbonyl (C=O) groups is 1. The Morgan fingerprint density at radius 2 is 2.00 bits per heavy atom. The van der Waals surface area contributed by atoms with Crippen molar-refractivity contribution < 1.29 is 9.53 Å². The first-order chi connectivity index (χ1) is 18.3. The van der Waals surface area contributed by atoms with Gasteiger partial charge in [0.15, 0.2) is 5.82 Å². The number of aryl methyl sites for hydroxylation is 1. The van der Waals surface area contributed by atoms with Gasteiger partial charge in [0.05, 0.1) is 18.3 Å². The van der Waals surface area contributed by atoms with Gasteiger partial charge in [0.2, 0.25) is 0 Å². The lowest BCUT2D eigenvalue weighted by Crippen LogP contribution is -2.43. The largest absolute Gasteiger partial charge is 0.494 e. The molecular weight excluding hydrogens is 476 g/mol. The van der Waals surface area contributed by atoms with Crippen LogP contribution in [0.5, 0.6) is 5.75 Å². The molecule has 1 saturated carbocycles. The number of methoxy groups -OCH3 is 1. The smallest absolute Gasteiger partial charge is 0.254 e. The van der Waals surface area contributed by atoms with E-state index in [-0.39, 0.29) is 11.9 Å². The minimum Gasteiger partial charge on any atom is -0.494 e. The van der Waals surface area contributed by atoms with Crippen molar-refractivity contribution in [2.24, 2.45) is 18.9 Å². The SMILES string of the molecule is CCC1CN(C(=O)c2cc(OC)c3c(c2)nc(-c2cc4cccnc4n2CC2CC2)n3C)C(C)C1N(C)C. The summed E-state index contributed by atoms with van der Waals surface area (Å²) in [5, 5.41) is 1.11. The molecule has 3 aromatic heterocycles. The summed E-state index contributed by atoms with van der Waals surface area (Å²) in [5.41, 5.74) is 4.33. The number of hydrogen-bond donors (Lipinski definition) is 0. The maximum Gasteiger partial charge on any atom is 0.254 e. The number of likely N-dealkylation sites (tertiary alicyclic amines) is 1. The molecule has 8 heteroatoms. The molecule has 0 bridgehead atoms. The van der Waals surface area contributed by atoms with Gasteiger partial charge in [0.25, 0.3) is 5.91 Å². The molecule has 4 heterocycles. The van der Waals surface area contributed by atoms with Crippen LogP contribution >= 0.6 is 0 Å². The molecule has 1 aliphatic heterocycles. The van der Waals surface area contributed by atoms with Gasteiger partial charge in [-0.05, 0) is 76.0 Å². The summed E-state index contributed by atoms with van der Waals surface area (Å²) in [5.74, 6) is 2.71. The van der Waals surface area contributed by atoms with Crippen molar-refractivity contribution in [1.29, 1.82) is 0 Å². The highest BCUT2D eigenvalue weighted by Gasteiger charge is 2.42. The predicted octanol–water partition coefficient (Wildman–Crippen LogP) is 4.81. The molecule has 3 unspecified atom stereocenters. The minimum absolute atomic E-state index is 0.0414. The number of imidazole rings is 1. The van der Waals surface area contributed by atoms with E-state index in [1.165, 1.54) is 12.8 Å². The van der Waals surface area contributed by atoms with E-state index < -0.39 is 0 Å². The lowest BCUT2D eigenvalue weighted by Gasteiger charge is -2.30. The molecule has 4 aromatic rings. The average molecular weight is 515 g/mol. The number of aromatic nitrogens is 4. The van der Waals surface area contributed by atoms with Gasteiger partial charge in [0.1, 0.15) is 16.9 Å². The summed E-state index contributed by atoms with van der Waals surface area (Å²) >= 11 is 0. The molecule has 38 heavy (non-hydrogen) atoms. The molecule has 1 aliphatic carbocycles. The second-order valence-corrected chi connectivity index (χ2v) is 11.4. The lowest BCUT2D eigenvalue weighted by atomic mass is 9.96. The summed E-state index contributed by atoms with van der Waals surface area (Å²) in [6.45, 7) is 6.09. The van der Waals surface area contributed by atoms with E-state index >= 15 is 0 Å². The van der Waals surface area contributed by atoms with Crippen LogP contribution in [0, 0.1) is 11.8 Å². The maximum absolute atomic E-state index is 13.9. The van der Waals surface area contributed by atoms with Gasteiger partial charge in [-0.25, -0.2) is 9.97 Å². The molecule has 8 nitrogen and oxygen atoms in total. The Bertz CT molecular complexity index is 1510. The van der Waals surface area contributed by atoms with Crippen molar-refractivity contribution in [1.82, 2.24) is 28.9 Å². The molecule has 1 amide bonds. The molecular formula is C30H38N6O2. The molecule has 1 saturated heterocycles. The molecule has 0 spiro atoms. The highest BCUT2D eigenvalue weighted by Crippen LogP contribution is 2.38. The quantitative estimate of drug-likeness (QED) is 0.354. The van der Waals surface area contributed by atoms with Gasteiger partial charge in [0, 0.05) is 49.4 Å². The fourth-order valence-electron chi connectivity index (χ4n) is 6.60. The number of carbonyl (C=O) groups excluding carboxylic acids is 1. The third kappa shape index (κ3) is 3.97. The summed E-state index contributed by atoms with van der Waals surface area (Å²) in [6, 6.07) is 10.6. The molecule has 0 radical (unpaired) electrons. The Labute approximate surface area is 224 Å². The van der Waals surface area contributed by atoms with Gasteiger partial charge in [-0.1, -0.05) is 13.3 Å². The van der Waals surface area contributed by atoms with Crippen molar-refractivity contribution in [3.05, 3.63) is 42.1 Å². The van der Waals surface area contributed by atoms with Crippen LogP contribution in [0.3, 0.4) is 0 Å². The van der Waals surface area contributed by atoms with Crippen LogP contribution in [0.25, 0.3) is 33.6 Å². The molecule has 0 N–H and O–H groups in total. The Morgan fingerprint density at radius 1 is 1.21 bits per heavy atom. The number of nitrogens with zero attached hydrogens (tertiary/aromatic N) is 6. The third-order valence-corrected chi connectivity index (χ3v) is 8.71. The second-order valence-electron chi connectivity index (χ2n) is 11.4. The zero-order valence-electron chi connectivity index (χ0n) is 23.3. The van der Waals surface area contributed by atoms with Crippen molar-refractivity contribution >= 4 is 28.0 Å². The molecule has 2 aliphatic rings. The summed E-state index contributed by atoms with van der Waals surface area (Å²) in [4.78, 5) is 27.9. The number of pyridine rings is 1. The van der Waals surface area contributed by atoms with Crippen LogP contribution in [0.4, 0.5) is 0 Å². The lowest BCUT2D eigenvalue weighted by molar-refractivity contribution is 0.0720.